The smallest absolute Gasteiger partial charge is 0.313 e. The van der Waals surface area contributed by atoms with E-state index in [4.69, 9.17) is 9.47 Å². The number of hydrogen-bond acceptors (Lipinski definition) is 14. The number of esters is 2. The van der Waals surface area contributed by atoms with Gasteiger partial charge < -0.3 is 19.3 Å². The monoisotopic (exact) mass is 1040 g/mol. The maximum Gasteiger partial charge on any atom is 0.313 e. The first-order valence-corrected chi connectivity index (χ1v) is 27.3. The molecule has 0 N–H and O–H groups in total. The number of carbonyl (C=O) groups excluding carboxylic acids is 6. The van der Waals surface area contributed by atoms with Crippen LogP contribution in [0, 0.1) is 46.3 Å². The van der Waals surface area contributed by atoms with Crippen LogP contribution >= 0.6 is 0 Å². The summed E-state index contributed by atoms with van der Waals surface area (Å²) in [4.78, 5) is 87.2. The van der Waals surface area contributed by atoms with Gasteiger partial charge in [0.05, 0.1) is 48.0 Å². The first-order valence-electron chi connectivity index (χ1n) is 27.3. The first-order chi connectivity index (χ1) is 36.8. The number of allylic oxidation sites excluding steroid dienone is 4. The van der Waals surface area contributed by atoms with E-state index in [0.717, 1.165) is 49.7 Å². The molecule has 1 aliphatic heterocycles. The number of Topliss-reactive ketones (excluding diaryl/α,β-unsaturated/α-hetero) is 2. The second kappa shape index (κ2) is 24.8. The quantitative estimate of drug-likeness (QED) is 0.0524. The minimum atomic E-state index is -0.872. The third kappa shape index (κ3) is 12.3. The molecule has 2 amide bonds. The fraction of sp³-hybridized carbons (Fsp3) is 0.552. The number of hydrogen-bond donors (Lipinski definition) is 0. The maximum absolute atomic E-state index is 13.8. The largest absolute Gasteiger partial charge is 0.466 e. The summed E-state index contributed by atoms with van der Waals surface area (Å²) in [5.41, 5.74) is 0.0312. The highest BCUT2D eigenvalue weighted by Crippen LogP contribution is 2.59. The van der Waals surface area contributed by atoms with E-state index in [-0.39, 0.29) is 85.3 Å². The number of rotatable bonds is 18. The van der Waals surface area contributed by atoms with Gasteiger partial charge in [0.1, 0.15) is 11.6 Å². The lowest BCUT2D eigenvalue weighted by Gasteiger charge is -2.25. The van der Waals surface area contributed by atoms with E-state index in [9.17, 15) is 28.8 Å². The molecule has 0 bridgehead atoms. The SMILES string of the molecule is C=CCCCCN(C)C(=O)[C@@H]1C[C@H](n2nnc(-c3ccccc3)n2)C[C@H]1C(=O)C[C@]1(C(=O)OCC)C[C@H]1C=C.CCOC(=O)[C@]12CC(=O)[C@@H]3C[C@@H](n4nnc(-c5ccccc5)n4)C[C@H]3C(=O)N(C)CCCC/C=C\[C@@H]1C2. The van der Waals surface area contributed by atoms with E-state index in [0.29, 0.717) is 63.3 Å². The van der Waals surface area contributed by atoms with E-state index in [1.165, 1.54) is 0 Å². The highest BCUT2D eigenvalue weighted by Gasteiger charge is 2.63. The van der Waals surface area contributed by atoms with E-state index >= 15 is 0 Å². The zero-order chi connectivity index (χ0) is 54.0. The van der Waals surface area contributed by atoms with E-state index in [1.54, 1.807) is 46.4 Å². The van der Waals surface area contributed by atoms with Gasteiger partial charge in [-0.15, -0.1) is 33.6 Å². The summed E-state index contributed by atoms with van der Waals surface area (Å²) >= 11 is 0. The van der Waals surface area contributed by atoms with Gasteiger partial charge >= 0.3 is 11.9 Å². The molecule has 2 aromatic heterocycles. The number of tetrazole rings is 2. The van der Waals surface area contributed by atoms with Gasteiger partial charge in [0, 0.05) is 63.0 Å². The molecule has 0 unspecified atom stereocenters. The molecule has 10 atom stereocenters. The highest BCUT2D eigenvalue weighted by molar-refractivity contribution is 5.95. The summed E-state index contributed by atoms with van der Waals surface area (Å²) in [5, 5.41) is 26.2. The zero-order valence-electron chi connectivity index (χ0n) is 44.6. The number of unbranched alkanes of at least 4 members (excludes halogenated alkanes) is 2. The van der Waals surface area contributed by atoms with Crippen molar-refractivity contribution in [2.75, 3.05) is 40.4 Å². The van der Waals surface area contributed by atoms with Crippen LogP contribution < -0.4 is 0 Å². The lowest BCUT2D eigenvalue weighted by Crippen LogP contribution is -2.38. The Kier molecular flexibility index (Phi) is 18.0. The second-order valence-electron chi connectivity index (χ2n) is 21.4. The molecule has 0 radical (unpaired) electrons. The lowest BCUT2D eigenvalue weighted by molar-refractivity contribution is -0.153. The molecule has 4 aliphatic carbocycles. The number of carbonyl (C=O) groups is 6. The lowest BCUT2D eigenvalue weighted by atomic mass is 9.84. The Morgan fingerprint density at radius 3 is 1.99 bits per heavy atom. The van der Waals surface area contributed by atoms with Gasteiger partial charge in [-0.25, -0.2) is 0 Å². The van der Waals surface area contributed by atoms with E-state index in [2.05, 4.69) is 56.1 Å². The molecule has 18 heteroatoms. The molecule has 9 rings (SSSR count). The Labute approximate surface area is 445 Å². The van der Waals surface area contributed by atoms with Crippen molar-refractivity contribution in [3.05, 3.63) is 98.1 Å². The Balaban J connectivity index is 0.000000202. The van der Waals surface area contributed by atoms with Crippen LogP contribution in [0.5, 0.6) is 0 Å². The molecule has 0 spiro atoms. The normalized spacial score (nSPS) is 28.3. The average Bonchev–Trinajstić information content (AvgIpc) is 3.89. The molecular weight excluding hydrogens is 965 g/mol. The van der Waals surface area contributed by atoms with Crippen molar-refractivity contribution in [1.82, 2.24) is 50.2 Å². The first kappa shape index (κ1) is 55.3. The van der Waals surface area contributed by atoms with Crippen molar-refractivity contribution < 1.29 is 38.2 Å². The maximum atomic E-state index is 13.8. The highest BCUT2D eigenvalue weighted by atomic mass is 16.5. The molecule has 76 heavy (non-hydrogen) atoms. The molecule has 2 aromatic carbocycles. The van der Waals surface area contributed by atoms with Gasteiger partial charge in [0.2, 0.25) is 23.5 Å². The van der Waals surface area contributed by atoms with Crippen molar-refractivity contribution >= 4 is 35.3 Å². The number of ketones is 2. The molecule has 404 valence electrons. The van der Waals surface area contributed by atoms with Gasteiger partial charge in [-0.2, -0.15) is 9.59 Å². The molecule has 4 fully saturated rings. The molecule has 18 nitrogen and oxygen atoms in total. The van der Waals surface area contributed by atoms with Crippen molar-refractivity contribution in [1.29, 1.82) is 0 Å². The van der Waals surface area contributed by atoms with Crippen LogP contribution in [0.2, 0.25) is 0 Å². The molecule has 0 saturated heterocycles. The van der Waals surface area contributed by atoms with Crippen molar-refractivity contribution in [3.63, 3.8) is 0 Å². The van der Waals surface area contributed by atoms with Crippen molar-refractivity contribution in [2.45, 2.75) is 116 Å². The van der Waals surface area contributed by atoms with E-state index in [1.807, 2.05) is 73.8 Å². The predicted molar refractivity (Wildman–Crippen MR) is 283 cm³/mol. The van der Waals surface area contributed by atoms with Crippen LogP contribution in [0.25, 0.3) is 22.8 Å². The summed E-state index contributed by atoms with van der Waals surface area (Å²) in [6.07, 6.45) is 16.4. The van der Waals surface area contributed by atoms with Gasteiger partial charge in [-0.05, 0) is 113 Å². The number of aromatic nitrogens is 8. The van der Waals surface area contributed by atoms with Crippen LogP contribution in [0.4, 0.5) is 0 Å². The number of amides is 2. The number of ether oxygens (including phenoxy) is 2. The van der Waals surface area contributed by atoms with Gasteiger partial charge in [-0.3, -0.25) is 28.8 Å². The summed E-state index contributed by atoms with van der Waals surface area (Å²) in [6, 6.07) is 18.7. The fourth-order valence-corrected chi connectivity index (χ4v) is 11.8. The Bertz CT molecular complexity index is 2740. The van der Waals surface area contributed by atoms with Crippen LogP contribution in [-0.2, 0) is 38.2 Å². The zero-order valence-corrected chi connectivity index (χ0v) is 44.6. The Morgan fingerprint density at radius 2 is 1.38 bits per heavy atom. The molecule has 4 aromatic rings. The van der Waals surface area contributed by atoms with Crippen LogP contribution in [0.15, 0.2) is 98.1 Å². The van der Waals surface area contributed by atoms with Crippen molar-refractivity contribution in [2.24, 2.45) is 46.3 Å². The minimum Gasteiger partial charge on any atom is -0.466 e. The van der Waals surface area contributed by atoms with E-state index < -0.39 is 34.5 Å². The topological polar surface area (TPSA) is 215 Å². The Morgan fingerprint density at radius 1 is 0.776 bits per heavy atom. The summed E-state index contributed by atoms with van der Waals surface area (Å²) < 4.78 is 10.7. The predicted octanol–water partition coefficient (Wildman–Crippen LogP) is 8.07. The average molecular weight is 1040 g/mol. The molecule has 4 saturated carbocycles. The third-order valence-electron chi connectivity index (χ3n) is 16.4. The van der Waals surface area contributed by atoms with Crippen LogP contribution in [0.3, 0.4) is 0 Å². The van der Waals surface area contributed by atoms with Crippen LogP contribution in [-0.4, -0.2) is 126 Å². The third-order valence-corrected chi connectivity index (χ3v) is 16.4. The Hall–Kier alpha value is -6.98. The fourth-order valence-electron chi connectivity index (χ4n) is 11.8. The molecular formula is C58H74N10O8. The van der Waals surface area contributed by atoms with Gasteiger partial charge in [0.15, 0.2) is 0 Å². The second-order valence-corrected chi connectivity index (χ2v) is 21.4. The standard InChI is InChI=1S/C30H39N5O4.C28H35N5O4/c1-5-8-9-13-16-34(4)28(37)25-18-23(35-32-27(31-33-35)21-14-11-10-12-15-21)17-24(25)26(36)20-30(19-22(30)6-2)29(38)39-7-3;1-3-37-27(36)28-17-20(28)13-9-4-5-10-14-32(2)26(35)23-16-21(15-22(23)24(34)18-28)33-30-25(29-31-33)19-11-7-6-8-12-19/h5-6,10-12,14-15,22-25H,1-2,7-9,13,16-20H2,3-4H3;6-9,11-13,20-23H,3-5,10,14-18H2,1-2H3/b;13-9-/t22-,23-,24-,25-,30-;20-,21-,22-,23-,28-/m11/s1. The van der Waals surface area contributed by atoms with Crippen LogP contribution in [0.1, 0.15) is 116 Å². The van der Waals surface area contributed by atoms with Crippen molar-refractivity contribution in [3.8, 4) is 22.8 Å². The summed E-state index contributed by atoms with van der Waals surface area (Å²) in [7, 11) is 3.61. The number of benzene rings is 2. The summed E-state index contributed by atoms with van der Waals surface area (Å²) in [6.45, 7) is 12.9. The van der Waals surface area contributed by atoms with Gasteiger partial charge in [0.25, 0.3) is 0 Å². The number of nitrogens with zero attached hydrogens (tertiary/aromatic N) is 10. The molecule has 3 heterocycles. The number of fused-ring (bicyclic) bond motifs is 2. The minimum absolute atomic E-state index is 0.0119. The molecule has 5 aliphatic rings. The summed E-state index contributed by atoms with van der Waals surface area (Å²) in [5.74, 6) is -1.94. The van der Waals surface area contributed by atoms with Gasteiger partial charge in [-0.1, -0.05) is 85.0 Å².